The van der Waals surface area contributed by atoms with Crippen LogP contribution < -0.4 is 10.6 Å². The van der Waals surface area contributed by atoms with Crippen LogP contribution in [-0.2, 0) is 4.79 Å². The molecule has 0 saturated heterocycles. The molecule has 104 valence electrons. The van der Waals surface area contributed by atoms with E-state index in [-0.39, 0.29) is 5.91 Å². The smallest absolute Gasteiger partial charge is 0.226 e. The summed E-state index contributed by atoms with van der Waals surface area (Å²) in [5.74, 6) is 0.0156. The Bertz CT molecular complexity index is 599. The molecule has 0 aromatic heterocycles. The number of rotatable bonds is 5. The highest BCUT2D eigenvalue weighted by molar-refractivity contribution is 9.10. The number of benzene rings is 2. The molecule has 0 heterocycles. The lowest BCUT2D eigenvalue weighted by atomic mass is 10.2. The maximum absolute atomic E-state index is 11.9. The zero-order chi connectivity index (χ0) is 14.4. The molecule has 0 saturated carbocycles. The molecule has 2 N–H and O–H groups in total. The van der Waals surface area contributed by atoms with Gasteiger partial charge in [0.1, 0.15) is 0 Å². The predicted molar refractivity (Wildman–Crippen MR) is 87.1 cm³/mol. The number of aryl methyl sites for hydroxylation is 1. The molecule has 0 atom stereocenters. The third-order valence-electron chi connectivity index (χ3n) is 2.92. The third kappa shape index (κ3) is 4.38. The van der Waals surface area contributed by atoms with E-state index in [1.807, 2.05) is 55.5 Å². The van der Waals surface area contributed by atoms with Gasteiger partial charge < -0.3 is 10.6 Å². The molecule has 20 heavy (non-hydrogen) atoms. The number of anilines is 2. The molecule has 0 radical (unpaired) electrons. The van der Waals surface area contributed by atoms with Gasteiger partial charge in [0.25, 0.3) is 0 Å². The van der Waals surface area contributed by atoms with Gasteiger partial charge in [-0.05, 0) is 36.8 Å². The van der Waals surface area contributed by atoms with Crippen molar-refractivity contribution in [2.45, 2.75) is 13.3 Å². The minimum absolute atomic E-state index is 0.0156. The Morgan fingerprint density at radius 3 is 2.70 bits per heavy atom. The summed E-state index contributed by atoms with van der Waals surface area (Å²) in [5.41, 5.74) is 2.95. The van der Waals surface area contributed by atoms with E-state index in [1.54, 1.807) is 0 Å². The number of carbonyl (C=O) groups excluding carboxylic acids is 1. The Labute approximate surface area is 127 Å². The van der Waals surface area contributed by atoms with Crippen molar-refractivity contribution in [3.63, 3.8) is 0 Å². The van der Waals surface area contributed by atoms with Crippen LogP contribution in [0.5, 0.6) is 0 Å². The summed E-state index contributed by atoms with van der Waals surface area (Å²) in [6.45, 7) is 2.59. The molecule has 0 aliphatic heterocycles. The summed E-state index contributed by atoms with van der Waals surface area (Å²) in [5, 5.41) is 6.15. The van der Waals surface area contributed by atoms with Gasteiger partial charge in [0.2, 0.25) is 5.91 Å². The molecule has 0 unspecified atom stereocenters. The second-order valence-electron chi connectivity index (χ2n) is 4.55. The van der Waals surface area contributed by atoms with E-state index in [4.69, 9.17) is 0 Å². The van der Waals surface area contributed by atoms with E-state index in [2.05, 4.69) is 26.6 Å². The summed E-state index contributed by atoms with van der Waals surface area (Å²) in [6.07, 6.45) is 0.431. The van der Waals surface area contributed by atoms with Crippen molar-refractivity contribution in [1.82, 2.24) is 0 Å². The monoisotopic (exact) mass is 332 g/mol. The Morgan fingerprint density at radius 2 is 1.95 bits per heavy atom. The van der Waals surface area contributed by atoms with Crippen LogP contribution in [0.15, 0.2) is 53.0 Å². The molecule has 2 aromatic rings. The van der Waals surface area contributed by atoms with E-state index in [0.29, 0.717) is 13.0 Å². The normalized spacial score (nSPS) is 10.1. The molecule has 0 fully saturated rings. The van der Waals surface area contributed by atoms with Crippen molar-refractivity contribution in [2.75, 3.05) is 17.2 Å². The highest BCUT2D eigenvalue weighted by Gasteiger charge is 2.04. The average Bonchev–Trinajstić information content (AvgIpc) is 2.41. The van der Waals surface area contributed by atoms with Crippen LogP contribution in [0.1, 0.15) is 12.0 Å². The van der Waals surface area contributed by atoms with Crippen LogP contribution in [0.4, 0.5) is 11.4 Å². The van der Waals surface area contributed by atoms with Crippen LogP contribution in [0.2, 0.25) is 0 Å². The summed E-state index contributed by atoms with van der Waals surface area (Å²) >= 11 is 3.42. The van der Waals surface area contributed by atoms with Crippen LogP contribution in [0.3, 0.4) is 0 Å². The molecule has 0 aliphatic rings. The maximum atomic E-state index is 11.9. The first-order valence-electron chi connectivity index (χ1n) is 6.50. The topological polar surface area (TPSA) is 41.1 Å². The number of amides is 1. The predicted octanol–water partition coefficient (Wildman–Crippen LogP) is 4.20. The van der Waals surface area contributed by atoms with Gasteiger partial charge in [-0.3, -0.25) is 4.79 Å². The number of carbonyl (C=O) groups is 1. The average molecular weight is 333 g/mol. The Morgan fingerprint density at radius 1 is 1.15 bits per heavy atom. The molecule has 1 amide bonds. The van der Waals surface area contributed by atoms with Crippen LogP contribution >= 0.6 is 15.9 Å². The molecule has 2 aromatic carbocycles. The highest BCUT2D eigenvalue weighted by Crippen LogP contribution is 2.16. The summed E-state index contributed by atoms with van der Waals surface area (Å²) in [4.78, 5) is 11.9. The minimum atomic E-state index is 0.0156. The second kappa shape index (κ2) is 7.10. The van der Waals surface area contributed by atoms with Gasteiger partial charge in [-0.1, -0.05) is 40.2 Å². The Kier molecular flexibility index (Phi) is 5.18. The van der Waals surface area contributed by atoms with Gasteiger partial charge >= 0.3 is 0 Å². The summed E-state index contributed by atoms with van der Waals surface area (Å²) in [6, 6.07) is 15.7. The first-order valence-corrected chi connectivity index (χ1v) is 7.29. The summed E-state index contributed by atoms with van der Waals surface area (Å²) in [7, 11) is 0. The molecule has 0 aliphatic carbocycles. The molecule has 0 spiro atoms. The zero-order valence-corrected chi connectivity index (χ0v) is 12.9. The SMILES string of the molecule is Cc1ccccc1NC(=O)CCNc1cccc(Br)c1. The van der Waals surface area contributed by atoms with Crippen molar-refractivity contribution >= 4 is 33.2 Å². The van der Waals surface area contributed by atoms with Crippen LogP contribution in [0, 0.1) is 6.92 Å². The van der Waals surface area contributed by atoms with Gasteiger partial charge in [-0.25, -0.2) is 0 Å². The van der Waals surface area contributed by atoms with Crippen LogP contribution in [0.25, 0.3) is 0 Å². The standard InChI is InChI=1S/C16H17BrN2O/c1-12-5-2-3-8-15(12)19-16(20)9-10-18-14-7-4-6-13(17)11-14/h2-8,11,18H,9-10H2,1H3,(H,19,20). The van der Waals surface area contributed by atoms with E-state index in [1.165, 1.54) is 0 Å². The first-order chi connectivity index (χ1) is 9.65. The van der Waals surface area contributed by atoms with Gasteiger partial charge in [0.15, 0.2) is 0 Å². The van der Waals surface area contributed by atoms with E-state index in [0.717, 1.165) is 21.4 Å². The molecule has 2 rings (SSSR count). The number of para-hydroxylation sites is 1. The van der Waals surface area contributed by atoms with Crippen molar-refractivity contribution < 1.29 is 4.79 Å². The lowest BCUT2D eigenvalue weighted by Gasteiger charge is -2.09. The Balaban J connectivity index is 1.80. The van der Waals surface area contributed by atoms with Gasteiger partial charge in [0, 0.05) is 28.8 Å². The fourth-order valence-corrected chi connectivity index (χ4v) is 2.24. The lowest BCUT2D eigenvalue weighted by Crippen LogP contribution is -2.16. The highest BCUT2D eigenvalue weighted by atomic mass is 79.9. The molecular weight excluding hydrogens is 316 g/mol. The fraction of sp³-hybridized carbons (Fsp3) is 0.188. The third-order valence-corrected chi connectivity index (χ3v) is 3.42. The van der Waals surface area contributed by atoms with Gasteiger partial charge in [-0.15, -0.1) is 0 Å². The van der Waals surface area contributed by atoms with Crippen molar-refractivity contribution in [2.24, 2.45) is 0 Å². The summed E-state index contributed by atoms with van der Waals surface area (Å²) < 4.78 is 1.02. The molecule has 0 bridgehead atoms. The quantitative estimate of drug-likeness (QED) is 0.861. The van der Waals surface area contributed by atoms with Gasteiger partial charge in [0.05, 0.1) is 0 Å². The second-order valence-corrected chi connectivity index (χ2v) is 5.47. The maximum Gasteiger partial charge on any atom is 0.226 e. The number of hydrogen-bond acceptors (Lipinski definition) is 2. The number of nitrogens with one attached hydrogen (secondary N) is 2. The van der Waals surface area contributed by atoms with E-state index < -0.39 is 0 Å². The lowest BCUT2D eigenvalue weighted by molar-refractivity contribution is -0.115. The number of hydrogen-bond donors (Lipinski definition) is 2. The van der Waals surface area contributed by atoms with Crippen molar-refractivity contribution in [3.8, 4) is 0 Å². The van der Waals surface area contributed by atoms with Crippen molar-refractivity contribution in [3.05, 3.63) is 58.6 Å². The minimum Gasteiger partial charge on any atom is -0.384 e. The van der Waals surface area contributed by atoms with Gasteiger partial charge in [-0.2, -0.15) is 0 Å². The van der Waals surface area contributed by atoms with Crippen LogP contribution in [-0.4, -0.2) is 12.5 Å². The zero-order valence-electron chi connectivity index (χ0n) is 11.3. The van der Waals surface area contributed by atoms with E-state index >= 15 is 0 Å². The first kappa shape index (κ1) is 14.6. The molecular formula is C16H17BrN2O. The number of halogens is 1. The fourth-order valence-electron chi connectivity index (χ4n) is 1.84. The largest absolute Gasteiger partial charge is 0.384 e. The van der Waals surface area contributed by atoms with E-state index in [9.17, 15) is 4.79 Å². The Hall–Kier alpha value is -1.81. The molecule has 3 nitrogen and oxygen atoms in total. The van der Waals surface area contributed by atoms with Crippen molar-refractivity contribution in [1.29, 1.82) is 0 Å². The molecule has 4 heteroatoms.